The Kier molecular flexibility index (Phi) is 16.6. The number of amides is 5. The number of rotatable bonds is 23. The predicted octanol–water partition coefficient (Wildman–Crippen LogP) is 4.14. The van der Waals surface area contributed by atoms with E-state index in [0.29, 0.717) is 43.5 Å². The number of hydrogen-bond acceptors (Lipinski definition) is 11. The number of carboxylic acid groups (broad SMARTS) is 2. The van der Waals surface area contributed by atoms with Crippen LogP contribution in [0.5, 0.6) is 5.75 Å². The molecule has 0 radical (unpaired) electrons. The molecule has 4 rings (SSSR count). The molecular formula is C41H49N5O13. The van der Waals surface area contributed by atoms with Gasteiger partial charge in [0.25, 0.3) is 11.8 Å². The van der Waals surface area contributed by atoms with E-state index in [1.165, 1.54) is 42.5 Å². The molecule has 0 saturated carbocycles. The highest BCUT2D eigenvalue weighted by Gasteiger charge is 2.34. The summed E-state index contributed by atoms with van der Waals surface area (Å²) in [6, 6.07) is 10.9. The van der Waals surface area contributed by atoms with Crippen molar-refractivity contribution in [3.63, 3.8) is 0 Å². The maximum Gasteiger partial charge on any atom is 0.363 e. The van der Waals surface area contributed by atoms with Gasteiger partial charge in [0.15, 0.2) is 5.76 Å². The normalized spacial score (nSPS) is 13.7. The van der Waals surface area contributed by atoms with Gasteiger partial charge in [0.2, 0.25) is 18.2 Å². The molecule has 2 aromatic carbocycles. The summed E-state index contributed by atoms with van der Waals surface area (Å²) < 4.78 is 11.3. The molecule has 18 nitrogen and oxygen atoms in total. The predicted molar refractivity (Wildman–Crippen MR) is 210 cm³/mol. The topological polar surface area (TPSA) is 251 Å². The van der Waals surface area contributed by atoms with Crippen LogP contribution in [0.25, 0.3) is 11.3 Å². The third kappa shape index (κ3) is 12.1. The van der Waals surface area contributed by atoms with Crippen LogP contribution >= 0.6 is 0 Å². The summed E-state index contributed by atoms with van der Waals surface area (Å²) in [7, 11) is 0. The Balaban J connectivity index is 1.39. The van der Waals surface area contributed by atoms with Gasteiger partial charge in [-0.2, -0.15) is 5.06 Å². The fraction of sp³-hybridized carbons (Fsp3) is 0.415. The number of carboxylic acids is 2. The number of hydrogen-bond donors (Lipinski definition) is 5. The molecule has 3 atom stereocenters. The summed E-state index contributed by atoms with van der Waals surface area (Å²) in [5.41, 5.74) is 1.14. The molecule has 1 aliphatic heterocycles. The number of ether oxygens (including phenoxy) is 1. The average molecular weight is 820 g/mol. The monoisotopic (exact) mass is 819 g/mol. The van der Waals surface area contributed by atoms with Crippen LogP contribution in [-0.2, 0) is 28.8 Å². The van der Waals surface area contributed by atoms with E-state index in [4.69, 9.17) is 19.1 Å². The second-order valence-electron chi connectivity index (χ2n) is 13.6. The maximum atomic E-state index is 13.6. The molecule has 59 heavy (non-hydrogen) atoms. The summed E-state index contributed by atoms with van der Waals surface area (Å²) in [5.74, 6) is -6.42. The number of furan rings is 1. The van der Waals surface area contributed by atoms with Gasteiger partial charge in [0.1, 0.15) is 17.6 Å². The lowest BCUT2D eigenvalue weighted by molar-refractivity contribution is -0.171. The highest BCUT2D eigenvalue weighted by atomic mass is 16.7. The number of carbonyl (C=O) groups excluding carboxylic acids is 6. The zero-order chi connectivity index (χ0) is 43.1. The number of benzene rings is 2. The first-order chi connectivity index (χ1) is 28.3. The van der Waals surface area contributed by atoms with Crippen molar-refractivity contribution in [1.82, 2.24) is 21.0 Å². The zero-order valence-electron chi connectivity index (χ0n) is 33.1. The molecule has 1 aliphatic rings. The molecule has 5 N–H and O–H groups in total. The minimum Gasteiger partial charge on any atom is -0.493 e. The van der Waals surface area contributed by atoms with E-state index in [9.17, 15) is 43.5 Å². The maximum absolute atomic E-state index is 13.6. The Labute approximate surface area is 340 Å². The van der Waals surface area contributed by atoms with Gasteiger partial charge in [0, 0.05) is 24.2 Å². The minimum absolute atomic E-state index is 0.000162. The Morgan fingerprint density at radius 2 is 1.69 bits per heavy atom. The van der Waals surface area contributed by atoms with Crippen molar-refractivity contribution in [2.24, 2.45) is 5.92 Å². The second kappa shape index (κ2) is 21.7. The lowest BCUT2D eigenvalue weighted by Crippen LogP contribution is -2.49. The third-order valence-electron chi connectivity index (χ3n) is 9.58. The Morgan fingerprint density at radius 1 is 0.949 bits per heavy atom. The van der Waals surface area contributed by atoms with Gasteiger partial charge in [-0.1, -0.05) is 39.2 Å². The Morgan fingerprint density at radius 3 is 2.31 bits per heavy atom. The first-order valence-corrected chi connectivity index (χ1v) is 19.4. The van der Waals surface area contributed by atoms with Crippen molar-refractivity contribution in [3.8, 4) is 17.1 Å². The van der Waals surface area contributed by atoms with Crippen molar-refractivity contribution in [1.29, 1.82) is 0 Å². The molecule has 5 amide bonds. The third-order valence-corrected chi connectivity index (χ3v) is 9.58. The van der Waals surface area contributed by atoms with Crippen molar-refractivity contribution < 1.29 is 62.6 Å². The van der Waals surface area contributed by atoms with E-state index in [1.54, 1.807) is 30.9 Å². The SMILES string of the molecule is CCCCCC(C(=O)NCNC(=O)c1ccc(-c2ccc(C(=O)NC(CC(=O)O)C(=O)O)c(OCC)c2)o1)[C@@H](CC)N(C=O)OC(=O)c1ccc(N2CCCC2=O)cc1. The highest BCUT2D eigenvalue weighted by molar-refractivity contribution is 6.00. The van der Waals surface area contributed by atoms with Crippen LogP contribution in [-0.4, -0.2) is 95.1 Å². The van der Waals surface area contributed by atoms with Crippen LogP contribution in [0.2, 0.25) is 0 Å². The van der Waals surface area contributed by atoms with Gasteiger partial charge in [-0.05, 0) is 74.7 Å². The average Bonchev–Trinajstić information content (AvgIpc) is 3.89. The van der Waals surface area contributed by atoms with E-state index in [-0.39, 0.29) is 54.0 Å². The fourth-order valence-electron chi connectivity index (χ4n) is 6.56. The quantitative estimate of drug-likeness (QED) is 0.0391. The standard InChI is InChI=1S/C41H49N5O13/c1-4-7-8-10-28(31(5-2)46(24-47)59-41(56)25-12-15-27(16-13-25)45-20-9-11-35(45)48)37(51)42-23-43-39(53)33-19-18-32(58-33)26-14-17-29(34(21-26)57-6-3)38(52)44-30(40(54)55)22-36(49)50/h12-19,21,24,28,30-31H,4-11,20,22-23H2,1-3H3,(H,42,51)(H,43,53)(H,44,52)(H,49,50)(H,54,55)/t28?,30?,31-/m1/s1. The molecule has 1 saturated heterocycles. The van der Waals surface area contributed by atoms with Gasteiger partial charge in [0.05, 0.1) is 42.8 Å². The van der Waals surface area contributed by atoms with Crippen molar-refractivity contribution in [2.45, 2.75) is 84.2 Å². The van der Waals surface area contributed by atoms with E-state index < -0.39 is 60.1 Å². The molecule has 0 bridgehead atoms. The number of anilines is 1. The number of hydroxylamine groups is 2. The molecule has 18 heteroatoms. The van der Waals surface area contributed by atoms with Crippen LogP contribution in [0, 0.1) is 5.92 Å². The lowest BCUT2D eigenvalue weighted by atomic mass is 9.90. The smallest absolute Gasteiger partial charge is 0.363 e. The van der Waals surface area contributed by atoms with E-state index in [1.807, 2.05) is 6.92 Å². The minimum atomic E-state index is -1.68. The molecule has 316 valence electrons. The number of unbranched alkanes of at least 4 members (excludes halogenated alkanes) is 2. The molecule has 2 unspecified atom stereocenters. The van der Waals surface area contributed by atoms with E-state index >= 15 is 0 Å². The van der Waals surface area contributed by atoms with Gasteiger partial charge in [-0.15, -0.1) is 0 Å². The summed E-state index contributed by atoms with van der Waals surface area (Å²) in [6.45, 7) is 5.84. The van der Waals surface area contributed by atoms with Crippen LogP contribution in [0.4, 0.5) is 5.69 Å². The van der Waals surface area contributed by atoms with Crippen LogP contribution in [0.15, 0.2) is 59.0 Å². The van der Waals surface area contributed by atoms with E-state index in [2.05, 4.69) is 16.0 Å². The largest absolute Gasteiger partial charge is 0.493 e. The number of aliphatic carboxylic acids is 2. The lowest BCUT2D eigenvalue weighted by Gasteiger charge is -2.31. The van der Waals surface area contributed by atoms with Gasteiger partial charge in [-0.3, -0.25) is 28.8 Å². The highest BCUT2D eigenvalue weighted by Crippen LogP contribution is 2.30. The molecule has 1 aromatic heterocycles. The fourth-order valence-corrected chi connectivity index (χ4v) is 6.56. The van der Waals surface area contributed by atoms with Crippen LogP contribution in [0.3, 0.4) is 0 Å². The molecule has 1 fully saturated rings. The summed E-state index contributed by atoms with van der Waals surface area (Å²) in [4.78, 5) is 107. The number of nitrogens with zero attached hydrogens (tertiary/aromatic N) is 2. The molecule has 0 aliphatic carbocycles. The van der Waals surface area contributed by atoms with Crippen LogP contribution < -0.4 is 25.6 Å². The second-order valence-corrected chi connectivity index (χ2v) is 13.6. The van der Waals surface area contributed by atoms with Gasteiger partial charge >= 0.3 is 17.9 Å². The molecule has 2 heterocycles. The van der Waals surface area contributed by atoms with Crippen molar-refractivity contribution in [3.05, 3.63) is 71.5 Å². The first-order valence-electron chi connectivity index (χ1n) is 19.4. The number of nitrogens with one attached hydrogen (secondary N) is 3. The Hall–Kier alpha value is -6.72. The molecular weight excluding hydrogens is 770 g/mol. The van der Waals surface area contributed by atoms with Crippen molar-refractivity contribution >= 4 is 53.6 Å². The summed E-state index contributed by atoms with van der Waals surface area (Å²) in [6.07, 6.45) is 3.68. The molecule has 0 spiro atoms. The molecule has 3 aromatic rings. The summed E-state index contributed by atoms with van der Waals surface area (Å²) >= 11 is 0. The number of carbonyl (C=O) groups is 8. The van der Waals surface area contributed by atoms with Crippen molar-refractivity contribution in [2.75, 3.05) is 24.7 Å². The van der Waals surface area contributed by atoms with E-state index in [0.717, 1.165) is 24.3 Å². The van der Waals surface area contributed by atoms with Gasteiger partial charge in [-0.25, -0.2) is 9.59 Å². The first kappa shape index (κ1) is 45.0. The Bertz CT molecular complexity index is 2000. The van der Waals surface area contributed by atoms with Crippen LogP contribution in [0.1, 0.15) is 103 Å². The van der Waals surface area contributed by atoms with Gasteiger partial charge < -0.3 is 45.1 Å². The zero-order valence-corrected chi connectivity index (χ0v) is 33.1. The summed E-state index contributed by atoms with van der Waals surface area (Å²) in [5, 5.41) is 26.6.